The Morgan fingerprint density at radius 3 is 2.95 bits per heavy atom. The molecule has 5 nitrogen and oxygen atoms in total. The average Bonchev–Trinajstić information content (AvgIpc) is 3.11. The minimum absolute atomic E-state index is 0.159. The van der Waals surface area contributed by atoms with Crippen LogP contribution in [0.1, 0.15) is 10.5 Å². The fraction of sp³-hybridized carbons (Fsp3) is 0.385. The first-order valence-electron chi connectivity index (χ1n) is 6.40. The van der Waals surface area contributed by atoms with E-state index in [0.717, 1.165) is 16.4 Å². The third-order valence-electron chi connectivity index (χ3n) is 2.59. The van der Waals surface area contributed by atoms with Crippen molar-refractivity contribution in [3.05, 3.63) is 27.5 Å². The molecule has 0 radical (unpaired) electrons. The summed E-state index contributed by atoms with van der Waals surface area (Å²) in [6, 6.07) is 3.74. The minimum Gasteiger partial charge on any atom is -0.383 e. The van der Waals surface area contributed by atoms with Crippen molar-refractivity contribution in [1.29, 1.82) is 0 Å². The Morgan fingerprint density at radius 1 is 1.38 bits per heavy atom. The minimum atomic E-state index is -0.159. The quantitative estimate of drug-likeness (QED) is 0.721. The fourth-order valence-electron chi connectivity index (χ4n) is 1.57. The van der Waals surface area contributed by atoms with E-state index in [9.17, 15) is 4.79 Å². The predicted molar refractivity (Wildman–Crippen MR) is 87.5 cm³/mol. The zero-order valence-electron chi connectivity index (χ0n) is 11.5. The van der Waals surface area contributed by atoms with E-state index in [1.165, 1.54) is 22.7 Å². The molecule has 2 heterocycles. The molecule has 0 aliphatic heterocycles. The van der Waals surface area contributed by atoms with Crippen LogP contribution in [0.25, 0.3) is 9.88 Å². The second-order valence-electron chi connectivity index (χ2n) is 4.14. The third-order valence-corrected chi connectivity index (χ3v) is 4.83. The smallest absolute Gasteiger partial charge is 0.270 e. The lowest BCUT2D eigenvalue weighted by atomic mass is 10.4. The third kappa shape index (κ3) is 5.05. The Hall–Kier alpha value is -0.990. The summed E-state index contributed by atoms with van der Waals surface area (Å²) in [5.74, 6) is -0.159. The molecule has 0 fully saturated rings. The number of hydrogen-bond donors (Lipinski definition) is 2. The van der Waals surface area contributed by atoms with Gasteiger partial charge in [-0.2, -0.15) is 0 Å². The number of amides is 1. The van der Waals surface area contributed by atoms with Gasteiger partial charge in [-0.3, -0.25) is 4.79 Å². The molecule has 1 amide bonds. The Bertz CT molecular complexity index is 585. The van der Waals surface area contributed by atoms with E-state index in [2.05, 4.69) is 15.6 Å². The first kappa shape index (κ1) is 16.4. The standard InChI is InChI=1S/C13H16ClN3O2S2/c1-19-7-6-15-4-5-16-12(18)9-8-20-13(17-9)10-2-3-11(14)21-10/h2-3,8,15H,4-7H2,1H3,(H,16,18). The van der Waals surface area contributed by atoms with Gasteiger partial charge in [0.25, 0.3) is 5.91 Å². The molecular weight excluding hydrogens is 330 g/mol. The van der Waals surface area contributed by atoms with Crippen LogP contribution < -0.4 is 10.6 Å². The van der Waals surface area contributed by atoms with Crippen LogP contribution in [-0.4, -0.2) is 44.2 Å². The predicted octanol–water partition coefficient (Wildman–Crippen LogP) is 2.49. The molecule has 2 N–H and O–H groups in total. The molecule has 2 aromatic rings. The molecule has 21 heavy (non-hydrogen) atoms. The maximum absolute atomic E-state index is 11.9. The maximum atomic E-state index is 11.9. The zero-order chi connectivity index (χ0) is 15.1. The van der Waals surface area contributed by atoms with E-state index >= 15 is 0 Å². The van der Waals surface area contributed by atoms with Gasteiger partial charge < -0.3 is 15.4 Å². The van der Waals surface area contributed by atoms with Gasteiger partial charge in [-0.1, -0.05) is 11.6 Å². The van der Waals surface area contributed by atoms with Gasteiger partial charge in [0.2, 0.25) is 0 Å². The van der Waals surface area contributed by atoms with Crippen molar-refractivity contribution in [2.45, 2.75) is 0 Å². The van der Waals surface area contributed by atoms with Crippen molar-refractivity contribution in [2.75, 3.05) is 33.4 Å². The normalized spacial score (nSPS) is 10.8. The average molecular weight is 346 g/mol. The second kappa shape index (κ2) is 8.45. The van der Waals surface area contributed by atoms with Crippen molar-refractivity contribution < 1.29 is 9.53 Å². The first-order chi connectivity index (χ1) is 10.2. The molecule has 2 aromatic heterocycles. The monoisotopic (exact) mass is 345 g/mol. The number of nitrogens with one attached hydrogen (secondary N) is 2. The lowest BCUT2D eigenvalue weighted by molar-refractivity contribution is 0.0949. The SMILES string of the molecule is COCCNCCNC(=O)c1csc(-c2ccc(Cl)s2)n1. The zero-order valence-corrected chi connectivity index (χ0v) is 13.9. The molecule has 0 aliphatic rings. The summed E-state index contributed by atoms with van der Waals surface area (Å²) in [5, 5.41) is 8.56. The van der Waals surface area contributed by atoms with Crippen LogP contribution in [0.3, 0.4) is 0 Å². The Balaban J connectivity index is 1.79. The van der Waals surface area contributed by atoms with Gasteiger partial charge in [-0.25, -0.2) is 4.98 Å². The number of carbonyl (C=O) groups excluding carboxylic acids is 1. The van der Waals surface area contributed by atoms with Gasteiger partial charge in [0.1, 0.15) is 10.7 Å². The van der Waals surface area contributed by atoms with E-state index in [0.29, 0.717) is 29.7 Å². The fourth-order valence-corrected chi connectivity index (χ4v) is 3.49. The van der Waals surface area contributed by atoms with Gasteiger partial charge in [0, 0.05) is 32.1 Å². The number of methoxy groups -OCH3 is 1. The van der Waals surface area contributed by atoms with Crippen LogP contribution >= 0.6 is 34.3 Å². The summed E-state index contributed by atoms with van der Waals surface area (Å²) < 4.78 is 5.63. The number of rotatable bonds is 8. The highest BCUT2D eigenvalue weighted by Gasteiger charge is 2.12. The molecule has 0 spiro atoms. The number of ether oxygens (including phenoxy) is 1. The number of halogens is 1. The van der Waals surface area contributed by atoms with Crippen LogP contribution in [0.15, 0.2) is 17.5 Å². The largest absolute Gasteiger partial charge is 0.383 e. The number of hydrogen-bond acceptors (Lipinski definition) is 6. The van der Waals surface area contributed by atoms with E-state index in [4.69, 9.17) is 16.3 Å². The van der Waals surface area contributed by atoms with E-state index in [1.807, 2.05) is 12.1 Å². The summed E-state index contributed by atoms with van der Waals surface area (Å²) in [5.41, 5.74) is 0.441. The number of thiophene rings is 1. The van der Waals surface area contributed by atoms with Crippen molar-refractivity contribution in [1.82, 2.24) is 15.6 Å². The molecule has 0 aliphatic carbocycles. The summed E-state index contributed by atoms with van der Waals surface area (Å²) in [6.45, 7) is 2.69. The van der Waals surface area contributed by atoms with Crippen LogP contribution in [0.2, 0.25) is 4.34 Å². The number of aromatic nitrogens is 1. The number of thiazole rings is 1. The van der Waals surface area contributed by atoms with Gasteiger partial charge in [-0.15, -0.1) is 22.7 Å². The molecule has 0 saturated carbocycles. The number of nitrogens with zero attached hydrogens (tertiary/aromatic N) is 1. The molecule has 8 heteroatoms. The van der Waals surface area contributed by atoms with Gasteiger partial charge in [0.05, 0.1) is 15.8 Å². The highest BCUT2D eigenvalue weighted by Crippen LogP contribution is 2.32. The molecule has 0 saturated heterocycles. The summed E-state index contributed by atoms with van der Waals surface area (Å²) >= 11 is 8.80. The topological polar surface area (TPSA) is 63.2 Å². The van der Waals surface area contributed by atoms with Crippen molar-refractivity contribution in [3.63, 3.8) is 0 Å². The summed E-state index contributed by atoms with van der Waals surface area (Å²) in [4.78, 5) is 17.3. The van der Waals surface area contributed by atoms with Crippen LogP contribution in [0, 0.1) is 0 Å². The van der Waals surface area contributed by atoms with Gasteiger partial charge in [0.15, 0.2) is 0 Å². The highest BCUT2D eigenvalue weighted by atomic mass is 35.5. The molecule has 0 aromatic carbocycles. The molecule has 0 unspecified atom stereocenters. The molecule has 0 atom stereocenters. The van der Waals surface area contributed by atoms with Gasteiger partial charge >= 0.3 is 0 Å². The molecule has 0 bridgehead atoms. The van der Waals surface area contributed by atoms with E-state index in [1.54, 1.807) is 12.5 Å². The molecular formula is C13H16ClN3O2S2. The van der Waals surface area contributed by atoms with E-state index in [-0.39, 0.29) is 5.91 Å². The summed E-state index contributed by atoms with van der Waals surface area (Å²) in [6.07, 6.45) is 0. The number of carbonyl (C=O) groups is 1. The van der Waals surface area contributed by atoms with Crippen LogP contribution in [-0.2, 0) is 4.74 Å². The highest BCUT2D eigenvalue weighted by molar-refractivity contribution is 7.23. The maximum Gasteiger partial charge on any atom is 0.270 e. The lowest BCUT2D eigenvalue weighted by Gasteiger charge is -2.04. The Kier molecular flexibility index (Phi) is 6.59. The first-order valence-corrected chi connectivity index (χ1v) is 8.47. The van der Waals surface area contributed by atoms with Gasteiger partial charge in [-0.05, 0) is 12.1 Å². The molecule has 114 valence electrons. The van der Waals surface area contributed by atoms with Crippen LogP contribution in [0.5, 0.6) is 0 Å². The van der Waals surface area contributed by atoms with Crippen molar-refractivity contribution in [2.24, 2.45) is 0 Å². The van der Waals surface area contributed by atoms with Crippen molar-refractivity contribution in [3.8, 4) is 9.88 Å². The van der Waals surface area contributed by atoms with Crippen molar-refractivity contribution >= 4 is 40.2 Å². The van der Waals surface area contributed by atoms with Crippen LogP contribution in [0.4, 0.5) is 0 Å². The Labute approximate surface area is 136 Å². The van der Waals surface area contributed by atoms with E-state index < -0.39 is 0 Å². The molecule has 2 rings (SSSR count). The Morgan fingerprint density at radius 2 is 2.24 bits per heavy atom. The lowest BCUT2D eigenvalue weighted by Crippen LogP contribution is -2.33. The second-order valence-corrected chi connectivity index (χ2v) is 6.71. The summed E-state index contributed by atoms with van der Waals surface area (Å²) in [7, 11) is 1.66.